The molecule has 1 aromatic carbocycles. The van der Waals surface area contributed by atoms with E-state index in [-0.39, 0.29) is 18.7 Å². The molecule has 0 radical (unpaired) electrons. The number of carbonyl (C=O) groups is 2. The number of nitrogens with one attached hydrogen (secondary N) is 1. The molecule has 6 nitrogen and oxygen atoms in total. The van der Waals surface area contributed by atoms with Gasteiger partial charge in [-0.15, -0.1) is 0 Å². The van der Waals surface area contributed by atoms with Crippen LogP contribution in [-0.2, 0) is 11.2 Å². The summed E-state index contributed by atoms with van der Waals surface area (Å²) in [4.78, 5) is 23.3. The van der Waals surface area contributed by atoms with Gasteiger partial charge in [-0.25, -0.2) is 4.79 Å². The quantitative estimate of drug-likeness (QED) is 0.766. The van der Waals surface area contributed by atoms with Crippen LogP contribution < -0.4 is 5.32 Å². The maximum atomic E-state index is 11.8. The fraction of sp³-hybridized carbons (Fsp3) is 0.556. The minimum atomic E-state index is -1.09. The zero-order chi connectivity index (χ0) is 17.9. The van der Waals surface area contributed by atoms with Crippen molar-refractivity contribution >= 4 is 11.9 Å². The summed E-state index contributed by atoms with van der Waals surface area (Å²) < 4.78 is 5.11. The van der Waals surface area contributed by atoms with Gasteiger partial charge in [-0.2, -0.15) is 0 Å². The highest BCUT2D eigenvalue weighted by Crippen LogP contribution is 2.31. The number of rotatable bonds is 5. The number of aliphatic hydroxyl groups is 2. The lowest BCUT2D eigenvalue weighted by Crippen LogP contribution is -2.34. The number of amides is 1. The molecule has 0 saturated carbocycles. The summed E-state index contributed by atoms with van der Waals surface area (Å²) in [6, 6.07) is 5.19. The van der Waals surface area contributed by atoms with Crippen molar-refractivity contribution in [3.8, 4) is 0 Å². The van der Waals surface area contributed by atoms with Crippen molar-refractivity contribution in [2.24, 2.45) is 0 Å². The maximum Gasteiger partial charge on any atom is 0.407 e. The van der Waals surface area contributed by atoms with Gasteiger partial charge in [0.1, 0.15) is 11.7 Å². The summed E-state index contributed by atoms with van der Waals surface area (Å²) >= 11 is 0. The maximum absolute atomic E-state index is 11.8. The van der Waals surface area contributed by atoms with Crippen molar-refractivity contribution in [3.05, 3.63) is 34.9 Å². The average molecular weight is 335 g/mol. The summed E-state index contributed by atoms with van der Waals surface area (Å²) in [5, 5.41) is 23.1. The first kappa shape index (κ1) is 18.4. The summed E-state index contributed by atoms with van der Waals surface area (Å²) in [5.41, 5.74) is 1.45. The van der Waals surface area contributed by atoms with Gasteiger partial charge < -0.3 is 20.3 Å². The molecule has 0 fully saturated rings. The minimum Gasteiger partial charge on any atom is -0.444 e. The Morgan fingerprint density at radius 1 is 1.29 bits per heavy atom. The van der Waals surface area contributed by atoms with Gasteiger partial charge in [0.25, 0.3) is 0 Å². The lowest BCUT2D eigenvalue weighted by Gasteiger charge is -2.22. The van der Waals surface area contributed by atoms with Crippen molar-refractivity contribution in [1.29, 1.82) is 0 Å². The van der Waals surface area contributed by atoms with Gasteiger partial charge in [0, 0.05) is 18.5 Å². The molecule has 1 aromatic rings. The summed E-state index contributed by atoms with van der Waals surface area (Å²) in [6.45, 7) is 5.48. The van der Waals surface area contributed by atoms with E-state index in [4.69, 9.17) is 4.74 Å². The van der Waals surface area contributed by atoms with Crippen LogP contribution in [0.5, 0.6) is 0 Å². The zero-order valence-corrected chi connectivity index (χ0v) is 14.3. The molecule has 0 bridgehead atoms. The van der Waals surface area contributed by atoms with E-state index in [0.717, 1.165) is 5.56 Å². The number of aliphatic hydroxyl groups excluding tert-OH is 2. The number of benzene rings is 1. The van der Waals surface area contributed by atoms with Crippen molar-refractivity contribution in [1.82, 2.24) is 5.32 Å². The second-order valence-electron chi connectivity index (χ2n) is 7.03. The SMILES string of the molecule is CC(C)(C)OC(=O)NCCC(O)C(O)c1cccc2c1CCC2=O. The highest BCUT2D eigenvalue weighted by Gasteiger charge is 2.27. The molecule has 24 heavy (non-hydrogen) atoms. The van der Waals surface area contributed by atoms with E-state index in [2.05, 4.69) is 5.32 Å². The second-order valence-corrected chi connectivity index (χ2v) is 7.03. The highest BCUT2D eigenvalue weighted by atomic mass is 16.6. The highest BCUT2D eigenvalue weighted by molar-refractivity contribution is 6.00. The Morgan fingerprint density at radius 2 is 2.00 bits per heavy atom. The van der Waals surface area contributed by atoms with Gasteiger partial charge >= 0.3 is 6.09 Å². The number of hydrogen-bond donors (Lipinski definition) is 3. The molecule has 0 aromatic heterocycles. The Morgan fingerprint density at radius 3 is 2.67 bits per heavy atom. The number of ether oxygens (including phenoxy) is 1. The number of alkyl carbamates (subject to hydrolysis) is 1. The van der Waals surface area contributed by atoms with Crippen LogP contribution in [-0.4, -0.2) is 40.3 Å². The number of fused-ring (bicyclic) bond motifs is 1. The Labute approximate surface area is 141 Å². The van der Waals surface area contributed by atoms with Crippen LogP contribution in [0.4, 0.5) is 4.79 Å². The molecule has 3 N–H and O–H groups in total. The largest absolute Gasteiger partial charge is 0.444 e. The molecule has 2 rings (SSSR count). The predicted molar refractivity (Wildman–Crippen MR) is 88.9 cm³/mol. The van der Waals surface area contributed by atoms with Crippen molar-refractivity contribution < 1.29 is 24.5 Å². The van der Waals surface area contributed by atoms with E-state index >= 15 is 0 Å². The van der Waals surface area contributed by atoms with Crippen molar-refractivity contribution in [2.75, 3.05) is 6.54 Å². The lowest BCUT2D eigenvalue weighted by molar-refractivity contribution is 0.0118. The molecule has 2 atom stereocenters. The number of ketones is 1. The lowest BCUT2D eigenvalue weighted by atomic mass is 9.95. The Balaban J connectivity index is 1.91. The Bertz CT molecular complexity index is 620. The van der Waals surface area contributed by atoms with Crippen LogP contribution in [0.3, 0.4) is 0 Å². The van der Waals surface area contributed by atoms with E-state index in [1.165, 1.54) is 0 Å². The molecule has 0 saturated heterocycles. The molecule has 0 heterocycles. The summed E-state index contributed by atoms with van der Waals surface area (Å²) in [7, 11) is 0. The van der Waals surface area contributed by atoms with E-state index in [9.17, 15) is 19.8 Å². The molecule has 0 aliphatic heterocycles. The molecule has 1 aliphatic carbocycles. The first-order valence-corrected chi connectivity index (χ1v) is 8.17. The Kier molecular flexibility index (Phi) is 5.62. The normalized spacial score (nSPS) is 16.5. The van der Waals surface area contributed by atoms with Gasteiger partial charge in [0.05, 0.1) is 6.10 Å². The third kappa shape index (κ3) is 4.55. The van der Waals surface area contributed by atoms with Gasteiger partial charge in [-0.1, -0.05) is 18.2 Å². The third-order valence-electron chi connectivity index (χ3n) is 3.91. The molecule has 132 valence electrons. The molecule has 2 unspecified atom stereocenters. The molecule has 6 heteroatoms. The van der Waals surface area contributed by atoms with Crippen LogP contribution >= 0.6 is 0 Å². The molecular formula is C18H25NO5. The summed E-state index contributed by atoms with van der Waals surface area (Å²) in [5.74, 6) is 0.0696. The van der Waals surface area contributed by atoms with Crippen LogP contribution in [0.15, 0.2) is 18.2 Å². The molecule has 0 spiro atoms. The van der Waals surface area contributed by atoms with E-state index < -0.39 is 23.9 Å². The monoisotopic (exact) mass is 335 g/mol. The van der Waals surface area contributed by atoms with E-state index in [1.54, 1.807) is 39.0 Å². The van der Waals surface area contributed by atoms with Gasteiger partial charge in [0.15, 0.2) is 5.78 Å². The number of carbonyl (C=O) groups excluding carboxylic acids is 2. The van der Waals surface area contributed by atoms with Gasteiger partial charge in [-0.05, 0) is 44.7 Å². The first-order valence-electron chi connectivity index (χ1n) is 8.17. The van der Waals surface area contributed by atoms with Gasteiger partial charge in [0.2, 0.25) is 0 Å². The topological polar surface area (TPSA) is 95.9 Å². The minimum absolute atomic E-state index is 0.0696. The van der Waals surface area contributed by atoms with Gasteiger partial charge in [-0.3, -0.25) is 4.79 Å². The average Bonchev–Trinajstić information content (AvgIpc) is 2.86. The predicted octanol–water partition coefficient (Wildman–Crippen LogP) is 2.12. The first-order chi connectivity index (χ1) is 11.2. The van der Waals surface area contributed by atoms with E-state index in [1.807, 2.05) is 0 Å². The number of hydrogen-bond acceptors (Lipinski definition) is 5. The van der Waals surface area contributed by atoms with Crippen LogP contribution in [0, 0.1) is 0 Å². The molecular weight excluding hydrogens is 310 g/mol. The standard InChI is InChI=1S/C18H25NO5/c1-18(2,3)24-17(23)19-10-9-15(21)16(22)13-6-4-5-12-11(13)7-8-14(12)20/h4-6,15-16,21-22H,7-10H2,1-3H3,(H,19,23). The van der Waals surface area contributed by atoms with Crippen LogP contribution in [0.25, 0.3) is 0 Å². The fourth-order valence-electron chi connectivity index (χ4n) is 2.80. The third-order valence-corrected chi connectivity index (χ3v) is 3.91. The summed E-state index contributed by atoms with van der Waals surface area (Å²) in [6.07, 6.45) is -1.48. The molecule has 1 aliphatic rings. The van der Waals surface area contributed by atoms with Crippen molar-refractivity contribution in [3.63, 3.8) is 0 Å². The zero-order valence-electron chi connectivity index (χ0n) is 14.3. The van der Waals surface area contributed by atoms with Crippen molar-refractivity contribution in [2.45, 2.75) is 57.8 Å². The Hall–Kier alpha value is -1.92. The smallest absolute Gasteiger partial charge is 0.407 e. The second kappa shape index (κ2) is 7.32. The van der Waals surface area contributed by atoms with Crippen LogP contribution in [0.2, 0.25) is 0 Å². The number of Topliss-reactive ketones (excluding diaryl/α,β-unsaturated/α-hetero) is 1. The fourth-order valence-corrected chi connectivity index (χ4v) is 2.80. The van der Waals surface area contributed by atoms with E-state index in [0.29, 0.717) is 24.0 Å². The van der Waals surface area contributed by atoms with Crippen LogP contribution in [0.1, 0.15) is 61.2 Å². The molecule has 1 amide bonds.